The van der Waals surface area contributed by atoms with Crippen LogP contribution in [-0.4, -0.2) is 41.9 Å². The summed E-state index contributed by atoms with van der Waals surface area (Å²) in [5.41, 5.74) is 0.701. The van der Waals surface area contributed by atoms with Gasteiger partial charge in [0, 0.05) is 6.07 Å². The number of carbonyl (C=O) groups is 2. The number of piperazine rings is 1. The number of hydrogen-bond donors (Lipinski definition) is 1. The summed E-state index contributed by atoms with van der Waals surface area (Å²) >= 11 is 0. The van der Waals surface area contributed by atoms with E-state index in [0.717, 1.165) is 0 Å². The number of pyridine rings is 1. The normalized spacial score (nSPS) is 15.7. The van der Waals surface area contributed by atoms with Crippen molar-refractivity contribution in [1.82, 2.24) is 15.2 Å². The van der Waals surface area contributed by atoms with Crippen molar-refractivity contribution in [1.29, 1.82) is 0 Å². The smallest absolute Gasteiger partial charge is 0.242 e. The Morgan fingerprint density at radius 2 is 2.29 bits per heavy atom. The molecular formula is C11H13N3O3. The zero-order valence-corrected chi connectivity index (χ0v) is 9.47. The van der Waals surface area contributed by atoms with Crippen molar-refractivity contribution in [3.63, 3.8) is 0 Å². The standard InChI is InChI=1S/C11H13N3O3/c1-17-10-4-2-3-8(13-10)6-14-7-9(15)12-5-11(14)16/h2-4H,5-7H2,1H3,(H,12,15). The molecule has 1 aliphatic rings. The Morgan fingerprint density at radius 3 is 3.06 bits per heavy atom. The van der Waals surface area contributed by atoms with Gasteiger partial charge in [-0.1, -0.05) is 6.07 Å². The van der Waals surface area contributed by atoms with Crippen LogP contribution in [0.5, 0.6) is 5.88 Å². The molecule has 0 radical (unpaired) electrons. The van der Waals surface area contributed by atoms with E-state index in [1.807, 2.05) is 0 Å². The molecular weight excluding hydrogens is 222 g/mol. The van der Waals surface area contributed by atoms with Gasteiger partial charge in [0.15, 0.2) is 0 Å². The zero-order valence-electron chi connectivity index (χ0n) is 9.47. The van der Waals surface area contributed by atoms with Gasteiger partial charge >= 0.3 is 0 Å². The molecule has 1 N–H and O–H groups in total. The van der Waals surface area contributed by atoms with Crippen LogP contribution in [0.4, 0.5) is 0 Å². The Balaban J connectivity index is 2.08. The molecule has 0 aliphatic carbocycles. The minimum Gasteiger partial charge on any atom is -0.481 e. The Bertz CT molecular complexity index is 447. The lowest BCUT2D eigenvalue weighted by Gasteiger charge is -2.26. The minimum absolute atomic E-state index is 0.0583. The molecule has 0 aromatic carbocycles. The van der Waals surface area contributed by atoms with Crippen LogP contribution < -0.4 is 10.1 Å². The second-order valence-electron chi connectivity index (χ2n) is 3.70. The molecule has 0 spiro atoms. The van der Waals surface area contributed by atoms with Crippen LogP contribution in [0.25, 0.3) is 0 Å². The molecule has 0 bridgehead atoms. The number of rotatable bonds is 3. The van der Waals surface area contributed by atoms with E-state index in [9.17, 15) is 9.59 Å². The third-order valence-electron chi connectivity index (χ3n) is 2.47. The Hall–Kier alpha value is -2.11. The van der Waals surface area contributed by atoms with E-state index in [1.54, 1.807) is 18.2 Å². The maximum Gasteiger partial charge on any atom is 0.242 e. The first-order chi connectivity index (χ1) is 8.19. The van der Waals surface area contributed by atoms with Gasteiger partial charge in [-0.3, -0.25) is 9.59 Å². The second kappa shape index (κ2) is 4.82. The van der Waals surface area contributed by atoms with Gasteiger partial charge in [0.05, 0.1) is 32.4 Å². The Kier molecular flexibility index (Phi) is 3.22. The van der Waals surface area contributed by atoms with E-state index in [-0.39, 0.29) is 24.9 Å². The summed E-state index contributed by atoms with van der Waals surface area (Å²) in [7, 11) is 1.53. The molecule has 1 saturated heterocycles. The van der Waals surface area contributed by atoms with Gasteiger partial charge in [0.2, 0.25) is 17.7 Å². The van der Waals surface area contributed by atoms with Crippen LogP contribution in [0, 0.1) is 0 Å². The fourth-order valence-electron chi connectivity index (χ4n) is 1.60. The monoisotopic (exact) mass is 235 g/mol. The zero-order chi connectivity index (χ0) is 12.3. The van der Waals surface area contributed by atoms with Gasteiger partial charge in [-0.2, -0.15) is 0 Å². The average Bonchev–Trinajstić information content (AvgIpc) is 2.34. The van der Waals surface area contributed by atoms with Crippen molar-refractivity contribution in [3.05, 3.63) is 23.9 Å². The van der Waals surface area contributed by atoms with E-state index in [2.05, 4.69) is 10.3 Å². The summed E-state index contributed by atoms with van der Waals surface area (Å²) in [4.78, 5) is 28.4. The summed E-state index contributed by atoms with van der Waals surface area (Å²) in [6.07, 6.45) is 0. The predicted octanol–water partition coefficient (Wildman–Crippen LogP) is -0.451. The largest absolute Gasteiger partial charge is 0.481 e. The van der Waals surface area contributed by atoms with E-state index >= 15 is 0 Å². The lowest BCUT2D eigenvalue weighted by molar-refractivity contribution is -0.141. The van der Waals surface area contributed by atoms with Crippen molar-refractivity contribution < 1.29 is 14.3 Å². The summed E-state index contributed by atoms with van der Waals surface area (Å²) in [6, 6.07) is 5.33. The summed E-state index contributed by atoms with van der Waals surface area (Å²) in [5.74, 6) is 0.248. The third kappa shape index (κ3) is 2.72. The average molecular weight is 235 g/mol. The maximum atomic E-state index is 11.6. The van der Waals surface area contributed by atoms with Gasteiger partial charge in [0.1, 0.15) is 0 Å². The number of nitrogens with one attached hydrogen (secondary N) is 1. The number of methoxy groups -OCH3 is 1. The second-order valence-corrected chi connectivity index (χ2v) is 3.70. The van der Waals surface area contributed by atoms with Crippen LogP contribution in [-0.2, 0) is 16.1 Å². The molecule has 0 atom stereocenters. The first kappa shape index (κ1) is 11.4. The summed E-state index contributed by atoms with van der Waals surface area (Å²) < 4.78 is 5.00. The molecule has 6 heteroatoms. The molecule has 2 amide bonds. The summed E-state index contributed by atoms with van der Waals surface area (Å²) in [5, 5.41) is 2.49. The molecule has 1 aliphatic heterocycles. The molecule has 2 rings (SSSR count). The molecule has 1 aromatic rings. The van der Waals surface area contributed by atoms with E-state index in [1.165, 1.54) is 12.0 Å². The lowest BCUT2D eigenvalue weighted by Crippen LogP contribution is -2.51. The number of amides is 2. The van der Waals surface area contributed by atoms with Crippen molar-refractivity contribution in [2.45, 2.75) is 6.54 Å². The molecule has 1 fully saturated rings. The number of carbonyl (C=O) groups excluding carboxylic acids is 2. The van der Waals surface area contributed by atoms with Crippen molar-refractivity contribution in [3.8, 4) is 5.88 Å². The van der Waals surface area contributed by atoms with Gasteiger partial charge in [-0.15, -0.1) is 0 Å². The molecule has 0 saturated carbocycles. The fourth-order valence-corrected chi connectivity index (χ4v) is 1.60. The van der Waals surface area contributed by atoms with E-state index in [0.29, 0.717) is 18.1 Å². The van der Waals surface area contributed by atoms with Crippen LogP contribution in [0.3, 0.4) is 0 Å². The number of aromatic nitrogens is 1. The molecule has 2 heterocycles. The topological polar surface area (TPSA) is 71.5 Å². The minimum atomic E-state index is -0.146. The van der Waals surface area contributed by atoms with Crippen molar-refractivity contribution in [2.24, 2.45) is 0 Å². The molecule has 6 nitrogen and oxygen atoms in total. The Morgan fingerprint density at radius 1 is 1.47 bits per heavy atom. The highest BCUT2D eigenvalue weighted by atomic mass is 16.5. The number of ether oxygens (including phenoxy) is 1. The molecule has 17 heavy (non-hydrogen) atoms. The number of hydrogen-bond acceptors (Lipinski definition) is 4. The number of nitrogens with zero attached hydrogens (tertiary/aromatic N) is 2. The van der Waals surface area contributed by atoms with Crippen molar-refractivity contribution in [2.75, 3.05) is 20.2 Å². The van der Waals surface area contributed by atoms with Gasteiger partial charge < -0.3 is 15.0 Å². The highest BCUT2D eigenvalue weighted by Gasteiger charge is 2.23. The van der Waals surface area contributed by atoms with E-state index in [4.69, 9.17) is 4.74 Å². The van der Waals surface area contributed by atoms with Crippen LogP contribution in [0.2, 0.25) is 0 Å². The SMILES string of the molecule is COc1cccc(CN2CC(=O)NCC2=O)n1. The maximum absolute atomic E-state index is 11.6. The third-order valence-corrected chi connectivity index (χ3v) is 2.47. The first-order valence-corrected chi connectivity index (χ1v) is 5.23. The highest BCUT2D eigenvalue weighted by Crippen LogP contribution is 2.09. The van der Waals surface area contributed by atoms with Crippen LogP contribution in [0.1, 0.15) is 5.69 Å². The van der Waals surface area contributed by atoms with Gasteiger partial charge in [-0.05, 0) is 6.07 Å². The highest BCUT2D eigenvalue weighted by molar-refractivity contribution is 5.92. The lowest BCUT2D eigenvalue weighted by atomic mass is 10.3. The first-order valence-electron chi connectivity index (χ1n) is 5.23. The molecule has 1 aromatic heterocycles. The van der Waals surface area contributed by atoms with Crippen LogP contribution >= 0.6 is 0 Å². The molecule has 0 unspecified atom stereocenters. The van der Waals surface area contributed by atoms with Gasteiger partial charge in [0.25, 0.3) is 0 Å². The Labute approximate surface area is 98.6 Å². The molecule has 90 valence electrons. The van der Waals surface area contributed by atoms with E-state index < -0.39 is 0 Å². The fraction of sp³-hybridized carbons (Fsp3) is 0.364. The predicted molar refractivity (Wildman–Crippen MR) is 59.2 cm³/mol. The van der Waals surface area contributed by atoms with Crippen LogP contribution in [0.15, 0.2) is 18.2 Å². The van der Waals surface area contributed by atoms with Gasteiger partial charge in [-0.25, -0.2) is 4.98 Å². The summed E-state index contributed by atoms with van der Waals surface area (Å²) in [6.45, 7) is 0.462. The van der Waals surface area contributed by atoms with Crippen molar-refractivity contribution >= 4 is 11.8 Å². The quantitative estimate of drug-likeness (QED) is 0.770.